The number of rotatable bonds is 19. The third-order valence-electron chi connectivity index (χ3n) is 7.30. The number of benzene rings is 3. The summed E-state index contributed by atoms with van der Waals surface area (Å²) >= 11 is 28.2. The van der Waals surface area contributed by atoms with E-state index in [4.69, 9.17) is 82.4 Å². The molecule has 0 aromatic heterocycles. The fourth-order valence-electron chi connectivity index (χ4n) is 4.62. The minimum atomic E-state index is -4.10. The van der Waals surface area contributed by atoms with Crippen LogP contribution in [0.4, 0.5) is 11.4 Å². The number of carboxylic acid groups (broad SMARTS) is 1. The second-order valence-corrected chi connectivity index (χ2v) is 15.7. The van der Waals surface area contributed by atoms with E-state index in [1.54, 1.807) is 29.2 Å². The Kier molecular flexibility index (Phi) is 28.6. The van der Waals surface area contributed by atoms with Crippen molar-refractivity contribution in [1.82, 2.24) is 10.2 Å². The van der Waals surface area contributed by atoms with Crippen LogP contribution in [0.2, 0.25) is 10.0 Å². The first-order valence-electron chi connectivity index (χ1n) is 17.9. The Morgan fingerprint density at radius 1 is 1.02 bits per heavy atom. The molecule has 0 bridgehead atoms. The van der Waals surface area contributed by atoms with Crippen LogP contribution in [0.3, 0.4) is 0 Å². The smallest absolute Gasteiger partial charge is 0.345 e. The molecule has 0 fully saturated rings. The summed E-state index contributed by atoms with van der Waals surface area (Å²) in [5, 5.41) is 21.7. The SMILES string of the molecule is C=CCN(CC=C)C(=O)C(Cl)Cl.CCOCN(C(=O)CCl)c1c(C)cccc1CC.COC(=O)c1cc(Oc2ccc(Cl)cc2Cl)ccc1[N+](=O)[O-].O=C(O)CNCP(=O)(O)O. The van der Waals surface area contributed by atoms with E-state index in [-0.39, 0.29) is 46.4 Å². The summed E-state index contributed by atoms with van der Waals surface area (Å²) < 4.78 is 25.5. The number of nitrogens with one attached hydrogen (secondary N) is 1. The van der Waals surface area contributed by atoms with E-state index in [1.165, 1.54) is 23.1 Å². The lowest BCUT2D eigenvalue weighted by atomic mass is 10.0. The Hall–Kier alpha value is -4.26. The van der Waals surface area contributed by atoms with Gasteiger partial charge >= 0.3 is 19.5 Å². The predicted molar refractivity (Wildman–Crippen MR) is 241 cm³/mol. The second-order valence-electron chi connectivity index (χ2n) is 11.9. The van der Waals surface area contributed by atoms with Gasteiger partial charge < -0.3 is 34.0 Å². The Balaban J connectivity index is 0.000000840. The maximum Gasteiger partial charge on any atom is 0.345 e. The van der Waals surface area contributed by atoms with Crippen molar-refractivity contribution in [2.45, 2.75) is 32.0 Å². The summed E-state index contributed by atoms with van der Waals surface area (Å²) in [6.07, 6.45) is 3.49. The van der Waals surface area contributed by atoms with Crippen LogP contribution >= 0.6 is 65.6 Å². The summed E-state index contributed by atoms with van der Waals surface area (Å²) in [4.78, 5) is 73.2. The highest BCUT2D eigenvalue weighted by Crippen LogP contribution is 2.34. The summed E-state index contributed by atoms with van der Waals surface area (Å²) in [5.74, 6) is -1.96. The summed E-state index contributed by atoms with van der Waals surface area (Å²) in [7, 11) is -2.96. The molecule has 0 radical (unpaired) electrons. The standard InChI is InChI=1S/C14H9Cl2NO5.C14H20ClNO2.C8H11Cl2NO.C3H8NO5P/c1-21-14(18)10-7-9(3-4-12(10)17(19)20)22-13-5-2-8(15)6-11(13)16;1-4-12-8-6-7-11(3)14(12)16(10-18-5-2)13(17)9-15;1-3-5-11(6-4-2)8(12)7(9)10;5-3(6)1-4-2-10(7,8)9/h2-7H,1H3;6-8H,4-5,9-10H2,1-3H3;3-4,7H,1-2,5-6H2;4H,1-2H2,(H,5,6)(H2,7,8,9). The van der Waals surface area contributed by atoms with Crippen molar-refractivity contribution >= 4 is 101 Å². The number of anilines is 1. The molecule has 0 aliphatic carbocycles. The number of carboxylic acids is 1. The molecule has 0 aliphatic rings. The third-order valence-corrected chi connectivity index (χ3v) is 9.06. The van der Waals surface area contributed by atoms with Crippen LogP contribution in [0.1, 0.15) is 35.3 Å². The number of para-hydroxylation sites is 1. The summed E-state index contributed by atoms with van der Waals surface area (Å²) in [6, 6.07) is 14.4. The number of hydrogen-bond donors (Lipinski definition) is 4. The van der Waals surface area contributed by atoms with Crippen LogP contribution in [-0.2, 0) is 34.8 Å². The number of alkyl halides is 3. The van der Waals surface area contributed by atoms with Gasteiger partial charge in [0.15, 0.2) is 4.84 Å². The predicted octanol–water partition coefficient (Wildman–Crippen LogP) is 8.39. The largest absolute Gasteiger partial charge is 0.480 e. The van der Waals surface area contributed by atoms with Gasteiger partial charge in [0.1, 0.15) is 29.7 Å². The molecule has 62 heavy (non-hydrogen) atoms. The number of nitrogens with zero attached hydrogens (tertiary/aromatic N) is 3. The lowest BCUT2D eigenvalue weighted by molar-refractivity contribution is -0.385. The molecule has 17 nitrogen and oxygen atoms in total. The molecule has 0 atom stereocenters. The average Bonchev–Trinajstić information content (AvgIpc) is 3.21. The van der Waals surface area contributed by atoms with Gasteiger partial charge in [-0.3, -0.25) is 39.3 Å². The van der Waals surface area contributed by atoms with Gasteiger partial charge in [0.05, 0.1) is 35.6 Å². The number of hydrogen-bond acceptors (Lipinski definition) is 11. The van der Waals surface area contributed by atoms with E-state index >= 15 is 0 Å². The third kappa shape index (κ3) is 22.2. The van der Waals surface area contributed by atoms with Crippen LogP contribution in [0, 0.1) is 17.0 Å². The summed E-state index contributed by atoms with van der Waals surface area (Å²) in [6.45, 7) is 14.2. The molecule has 342 valence electrons. The second kappa shape index (κ2) is 30.7. The Morgan fingerprint density at radius 3 is 2.11 bits per heavy atom. The van der Waals surface area contributed by atoms with Crippen molar-refractivity contribution in [2.24, 2.45) is 0 Å². The van der Waals surface area contributed by atoms with Gasteiger partial charge in [0, 0.05) is 36.9 Å². The normalized spacial score (nSPS) is 10.3. The number of methoxy groups -OCH3 is 1. The fraction of sp³-hybridized carbons (Fsp3) is 0.333. The summed E-state index contributed by atoms with van der Waals surface area (Å²) in [5.41, 5.74) is 2.54. The molecule has 3 aromatic carbocycles. The first kappa shape index (κ1) is 57.7. The van der Waals surface area contributed by atoms with Crippen LogP contribution in [-0.4, -0.2) is 106 Å². The quantitative estimate of drug-likeness (QED) is 0.0168. The van der Waals surface area contributed by atoms with E-state index in [9.17, 15) is 33.9 Å². The molecule has 4 N–H and O–H groups in total. The molecular formula is C39H48Cl5N4O13P. The number of halogens is 5. The van der Waals surface area contributed by atoms with Crippen LogP contribution < -0.4 is 15.0 Å². The number of carbonyl (C=O) groups excluding carboxylic acids is 3. The van der Waals surface area contributed by atoms with Crippen LogP contribution in [0.25, 0.3) is 0 Å². The molecule has 0 heterocycles. The van der Waals surface area contributed by atoms with E-state index in [2.05, 4.69) is 30.1 Å². The van der Waals surface area contributed by atoms with E-state index in [1.807, 2.05) is 32.0 Å². The number of aryl methyl sites for hydroxylation is 2. The van der Waals surface area contributed by atoms with Crippen molar-refractivity contribution in [3.05, 3.63) is 117 Å². The first-order valence-corrected chi connectivity index (χ1v) is 21.9. The zero-order valence-corrected chi connectivity index (χ0v) is 38.8. The average molecular weight is 989 g/mol. The van der Waals surface area contributed by atoms with Crippen molar-refractivity contribution in [3.63, 3.8) is 0 Å². The van der Waals surface area contributed by atoms with Crippen LogP contribution in [0.5, 0.6) is 11.5 Å². The van der Waals surface area contributed by atoms with E-state index < -0.39 is 42.1 Å². The minimum Gasteiger partial charge on any atom is -0.480 e. The molecule has 0 unspecified atom stereocenters. The van der Waals surface area contributed by atoms with Crippen molar-refractivity contribution in [3.8, 4) is 11.5 Å². The molecule has 2 amide bonds. The van der Waals surface area contributed by atoms with Gasteiger partial charge in [0.2, 0.25) is 5.91 Å². The molecule has 0 saturated carbocycles. The van der Waals surface area contributed by atoms with Gasteiger partial charge in [0.25, 0.3) is 11.6 Å². The molecule has 0 aliphatic heterocycles. The fourth-order valence-corrected chi connectivity index (χ4v) is 5.89. The number of aliphatic carboxylic acids is 1. The van der Waals surface area contributed by atoms with Gasteiger partial charge in [-0.15, -0.1) is 24.8 Å². The highest BCUT2D eigenvalue weighted by Gasteiger charge is 2.23. The molecule has 0 spiro atoms. The monoisotopic (exact) mass is 986 g/mol. The maximum atomic E-state index is 12.0. The molecule has 0 saturated heterocycles. The number of ether oxygens (including phenoxy) is 3. The van der Waals surface area contributed by atoms with Crippen molar-refractivity contribution < 1.29 is 57.8 Å². The van der Waals surface area contributed by atoms with Gasteiger partial charge in [-0.05, 0) is 55.7 Å². The number of nitro benzene ring substituents is 1. The molecule has 3 aromatic rings. The van der Waals surface area contributed by atoms with Crippen molar-refractivity contribution in [1.29, 1.82) is 0 Å². The number of carbonyl (C=O) groups is 4. The zero-order chi connectivity index (χ0) is 47.6. The highest BCUT2D eigenvalue weighted by molar-refractivity contribution is 7.51. The minimum absolute atomic E-state index is 0.0371. The topological polar surface area (TPSA) is 235 Å². The van der Waals surface area contributed by atoms with E-state index in [0.717, 1.165) is 36.4 Å². The number of amides is 2. The Morgan fingerprint density at radius 2 is 1.65 bits per heavy atom. The van der Waals surface area contributed by atoms with Crippen molar-refractivity contribution in [2.75, 3.05) is 57.1 Å². The Bertz CT molecular complexity index is 2010. The lowest BCUT2D eigenvalue weighted by Crippen LogP contribution is -2.35. The lowest BCUT2D eigenvalue weighted by Gasteiger charge is -2.25. The van der Waals surface area contributed by atoms with E-state index in [0.29, 0.717) is 30.5 Å². The molecule has 23 heteroatoms. The number of esters is 1. The molecule has 3 rings (SSSR count). The highest BCUT2D eigenvalue weighted by atomic mass is 35.5. The first-order chi connectivity index (χ1) is 29.1. The number of nitro groups is 1. The van der Waals surface area contributed by atoms with Crippen LogP contribution in [0.15, 0.2) is 79.9 Å². The molecular weight excluding hydrogens is 941 g/mol. The maximum absolute atomic E-state index is 12.0. The van der Waals surface area contributed by atoms with Gasteiger partial charge in [-0.2, -0.15) is 0 Å². The van der Waals surface area contributed by atoms with Gasteiger partial charge in [-0.25, -0.2) is 4.79 Å². The zero-order valence-electron chi connectivity index (χ0n) is 34.1. The Labute approximate surface area is 384 Å². The van der Waals surface area contributed by atoms with Gasteiger partial charge in [-0.1, -0.05) is 83.7 Å².